The van der Waals surface area contributed by atoms with E-state index in [9.17, 15) is 8.42 Å². The molecule has 108 valence electrons. The van der Waals surface area contributed by atoms with Crippen LogP contribution in [0.2, 0.25) is 0 Å². The fourth-order valence-corrected chi connectivity index (χ4v) is 3.20. The van der Waals surface area contributed by atoms with Gasteiger partial charge in [0.25, 0.3) is 0 Å². The van der Waals surface area contributed by atoms with Crippen molar-refractivity contribution in [2.24, 2.45) is 0 Å². The van der Waals surface area contributed by atoms with Crippen molar-refractivity contribution in [3.63, 3.8) is 0 Å². The second-order valence-electron chi connectivity index (χ2n) is 4.75. The Morgan fingerprint density at radius 1 is 1.19 bits per heavy atom. The highest BCUT2D eigenvalue weighted by Crippen LogP contribution is 2.18. The van der Waals surface area contributed by atoms with Gasteiger partial charge in [-0.25, -0.2) is 8.42 Å². The number of aromatic amines is 1. The van der Waals surface area contributed by atoms with E-state index in [2.05, 4.69) is 15.2 Å². The highest BCUT2D eigenvalue weighted by Gasteiger charge is 2.21. The minimum absolute atomic E-state index is 0.162. The van der Waals surface area contributed by atoms with Crippen molar-refractivity contribution in [3.05, 3.63) is 54.6 Å². The number of rotatable bonds is 4. The van der Waals surface area contributed by atoms with Crippen molar-refractivity contribution >= 4 is 20.8 Å². The van der Waals surface area contributed by atoms with E-state index in [1.165, 1.54) is 16.7 Å². The quantitative estimate of drug-likeness (QED) is 0.796. The molecular formula is C14H14N4O2S. The lowest BCUT2D eigenvalue weighted by Gasteiger charge is -2.16. The molecule has 1 N–H and O–H groups in total. The standard InChI is InChI=1S/C14H14N4O2S/c1-18(21(19,20)14-8-16-17-9-14)10-11-2-3-13-7-15-5-4-12(13)6-11/h2-9H,10H2,1H3,(H,16,17). The molecule has 3 aromatic rings. The first kappa shape index (κ1) is 13.7. The van der Waals surface area contributed by atoms with Gasteiger partial charge in [-0.15, -0.1) is 0 Å². The van der Waals surface area contributed by atoms with Crippen LogP contribution in [-0.2, 0) is 16.6 Å². The fraction of sp³-hybridized carbons (Fsp3) is 0.143. The summed E-state index contributed by atoms with van der Waals surface area (Å²) >= 11 is 0. The smallest absolute Gasteiger partial charge is 0.246 e. The van der Waals surface area contributed by atoms with Crippen LogP contribution in [0.5, 0.6) is 0 Å². The second kappa shape index (κ2) is 5.27. The van der Waals surface area contributed by atoms with Crippen LogP contribution in [0, 0.1) is 0 Å². The third-order valence-electron chi connectivity index (χ3n) is 3.29. The second-order valence-corrected chi connectivity index (χ2v) is 6.80. The SMILES string of the molecule is CN(Cc1ccc2cnccc2c1)S(=O)(=O)c1cn[nH]c1. The zero-order valence-corrected chi connectivity index (χ0v) is 12.2. The van der Waals surface area contributed by atoms with Crippen molar-refractivity contribution < 1.29 is 8.42 Å². The third-order valence-corrected chi connectivity index (χ3v) is 5.06. The zero-order valence-electron chi connectivity index (χ0n) is 11.4. The highest BCUT2D eigenvalue weighted by molar-refractivity contribution is 7.89. The Kier molecular flexibility index (Phi) is 3.44. The predicted octanol–water partition coefficient (Wildman–Crippen LogP) is 1.78. The molecule has 0 bridgehead atoms. The number of fused-ring (bicyclic) bond motifs is 1. The topological polar surface area (TPSA) is 79.0 Å². The molecule has 2 heterocycles. The molecule has 0 aliphatic heterocycles. The van der Waals surface area contributed by atoms with Crippen molar-refractivity contribution in [1.29, 1.82) is 0 Å². The molecule has 0 radical (unpaired) electrons. The van der Waals surface area contributed by atoms with E-state index in [1.807, 2.05) is 24.3 Å². The third kappa shape index (κ3) is 2.65. The lowest BCUT2D eigenvalue weighted by atomic mass is 10.1. The van der Waals surface area contributed by atoms with Crippen LogP contribution in [0.1, 0.15) is 5.56 Å². The van der Waals surface area contributed by atoms with E-state index in [1.54, 1.807) is 19.4 Å². The summed E-state index contributed by atoms with van der Waals surface area (Å²) in [5, 5.41) is 8.26. The number of nitrogens with one attached hydrogen (secondary N) is 1. The molecule has 3 rings (SSSR count). The van der Waals surface area contributed by atoms with Crippen LogP contribution < -0.4 is 0 Å². The van der Waals surface area contributed by atoms with Crippen LogP contribution in [0.3, 0.4) is 0 Å². The molecule has 0 fully saturated rings. The Morgan fingerprint density at radius 2 is 2.05 bits per heavy atom. The van der Waals surface area contributed by atoms with Gasteiger partial charge in [-0.1, -0.05) is 12.1 Å². The first-order valence-electron chi connectivity index (χ1n) is 6.35. The van der Waals surface area contributed by atoms with Gasteiger partial charge in [-0.05, 0) is 23.1 Å². The van der Waals surface area contributed by atoms with E-state index in [-0.39, 0.29) is 4.90 Å². The van der Waals surface area contributed by atoms with Gasteiger partial charge in [0.1, 0.15) is 4.90 Å². The highest BCUT2D eigenvalue weighted by atomic mass is 32.2. The minimum atomic E-state index is -3.52. The van der Waals surface area contributed by atoms with E-state index in [0.717, 1.165) is 16.3 Å². The lowest BCUT2D eigenvalue weighted by molar-refractivity contribution is 0.467. The Labute approximate surface area is 122 Å². The van der Waals surface area contributed by atoms with Crippen LogP contribution in [-0.4, -0.2) is 35.0 Å². The maximum atomic E-state index is 12.3. The Morgan fingerprint density at radius 3 is 2.81 bits per heavy atom. The molecule has 7 heteroatoms. The summed E-state index contributed by atoms with van der Waals surface area (Å²) < 4.78 is 25.9. The van der Waals surface area contributed by atoms with Crippen LogP contribution in [0.4, 0.5) is 0 Å². The molecule has 2 aromatic heterocycles. The maximum Gasteiger partial charge on any atom is 0.246 e. The van der Waals surface area contributed by atoms with Gasteiger partial charge in [-0.2, -0.15) is 9.40 Å². The normalized spacial score (nSPS) is 12.1. The number of H-pyrrole nitrogens is 1. The maximum absolute atomic E-state index is 12.3. The number of aromatic nitrogens is 3. The van der Waals surface area contributed by atoms with Gasteiger partial charge >= 0.3 is 0 Å². The predicted molar refractivity (Wildman–Crippen MR) is 79.0 cm³/mol. The fourth-order valence-electron chi connectivity index (χ4n) is 2.13. The Balaban J connectivity index is 1.88. The molecule has 0 saturated carbocycles. The summed E-state index contributed by atoms with van der Waals surface area (Å²) in [7, 11) is -1.97. The van der Waals surface area contributed by atoms with E-state index >= 15 is 0 Å². The molecule has 6 nitrogen and oxygen atoms in total. The Hall–Kier alpha value is -2.25. The molecule has 1 aromatic carbocycles. The first-order valence-corrected chi connectivity index (χ1v) is 7.79. The van der Waals surface area contributed by atoms with Gasteiger partial charge < -0.3 is 0 Å². The zero-order chi connectivity index (χ0) is 14.9. The van der Waals surface area contributed by atoms with Crippen LogP contribution in [0.25, 0.3) is 10.8 Å². The van der Waals surface area contributed by atoms with Crippen LogP contribution >= 0.6 is 0 Å². The minimum Gasteiger partial charge on any atom is -0.284 e. The van der Waals surface area contributed by atoms with Gasteiger partial charge in [0.05, 0.1) is 6.20 Å². The van der Waals surface area contributed by atoms with E-state index in [0.29, 0.717) is 6.54 Å². The monoisotopic (exact) mass is 302 g/mol. The summed E-state index contributed by atoms with van der Waals surface area (Å²) in [5.74, 6) is 0. The average molecular weight is 302 g/mol. The van der Waals surface area contributed by atoms with Gasteiger partial charge in [0.2, 0.25) is 10.0 Å². The van der Waals surface area contributed by atoms with Crippen molar-refractivity contribution in [2.75, 3.05) is 7.05 Å². The molecule has 0 atom stereocenters. The average Bonchev–Trinajstić information content (AvgIpc) is 3.02. The summed E-state index contributed by atoms with van der Waals surface area (Å²) in [4.78, 5) is 4.22. The van der Waals surface area contributed by atoms with E-state index in [4.69, 9.17) is 0 Å². The van der Waals surface area contributed by atoms with Crippen LogP contribution in [0.15, 0.2) is 53.9 Å². The van der Waals surface area contributed by atoms with Crippen molar-refractivity contribution in [2.45, 2.75) is 11.4 Å². The number of hydrogen-bond donors (Lipinski definition) is 1. The summed E-state index contributed by atoms with van der Waals surface area (Å²) in [5.41, 5.74) is 0.920. The van der Waals surface area contributed by atoms with Gasteiger partial charge in [0, 0.05) is 37.6 Å². The summed E-state index contributed by atoms with van der Waals surface area (Å²) in [6.45, 7) is 0.297. The molecule has 0 aliphatic carbocycles. The first-order chi connectivity index (χ1) is 10.1. The largest absolute Gasteiger partial charge is 0.284 e. The number of nitrogens with zero attached hydrogens (tertiary/aromatic N) is 3. The number of pyridine rings is 1. The van der Waals surface area contributed by atoms with Crippen molar-refractivity contribution in [3.8, 4) is 0 Å². The molecule has 0 saturated heterocycles. The molecule has 0 unspecified atom stereocenters. The molecule has 0 spiro atoms. The van der Waals surface area contributed by atoms with Gasteiger partial charge in [-0.3, -0.25) is 10.1 Å². The van der Waals surface area contributed by atoms with Gasteiger partial charge in [0.15, 0.2) is 0 Å². The molecule has 0 amide bonds. The number of benzene rings is 1. The molecule has 0 aliphatic rings. The Bertz CT molecular complexity index is 860. The summed E-state index contributed by atoms with van der Waals surface area (Å²) in [6, 6.07) is 7.73. The number of hydrogen-bond acceptors (Lipinski definition) is 4. The molecule has 21 heavy (non-hydrogen) atoms. The van der Waals surface area contributed by atoms with E-state index < -0.39 is 10.0 Å². The summed E-state index contributed by atoms with van der Waals surface area (Å²) in [6.07, 6.45) is 6.18. The number of sulfonamides is 1. The lowest BCUT2D eigenvalue weighted by Crippen LogP contribution is -2.26. The molecular weight excluding hydrogens is 288 g/mol. The van der Waals surface area contributed by atoms with Crippen molar-refractivity contribution in [1.82, 2.24) is 19.5 Å².